The Kier molecular flexibility index (Phi) is 9.35. The smallest absolute Gasteiger partial charge is 0.244 e. The molecular formula is C26H33ClFN3O4S. The van der Waals surface area contributed by atoms with Crippen molar-refractivity contribution in [2.24, 2.45) is 0 Å². The number of sulfonamides is 1. The summed E-state index contributed by atoms with van der Waals surface area (Å²) in [6.45, 7) is 3.36. The van der Waals surface area contributed by atoms with Gasteiger partial charge in [0.15, 0.2) is 0 Å². The Labute approximate surface area is 217 Å². The fourth-order valence-electron chi connectivity index (χ4n) is 4.43. The van der Waals surface area contributed by atoms with Crippen molar-refractivity contribution in [2.45, 2.75) is 64.6 Å². The molecule has 0 heterocycles. The van der Waals surface area contributed by atoms with Gasteiger partial charge in [0.1, 0.15) is 18.4 Å². The van der Waals surface area contributed by atoms with Crippen molar-refractivity contribution in [3.8, 4) is 0 Å². The number of hydrogen-bond donors (Lipinski definition) is 1. The summed E-state index contributed by atoms with van der Waals surface area (Å²) in [5.41, 5.74) is 1.94. The van der Waals surface area contributed by atoms with Crippen molar-refractivity contribution in [1.82, 2.24) is 10.2 Å². The fourth-order valence-corrected chi connectivity index (χ4v) is 5.45. The Balaban J connectivity index is 1.92. The van der Waals surface area contributed by atoms with Gasteiger partial charge in [-0.2, -0.15) is 0 Å². The van der Waals surface area contributed by atoms with Crippen LogP contribution in [-0.4, -0.2) is 50.0 Å². The number of rotatable bonds is 10. The van der Waals surface area contributed by atoms with Crippen LogP contribution in [0.3, 0.4) is 0 Å². The first-order valence-electron chi connectivity index (χ1n) is 12.1. The highest BCUT2D eigenvalue weighted by Crippen LogP contribution is 2.25. The Bertz CT molecular complexity index is 1180. The lowest BCUT2D eigenvalue weighted by Crippen LogP contribution is -2.53. The minimum absolute atomic E-state index is 0.0657. The molecule has 1 N–H and O–H groups in total. The summed E-state index contributed by atoms with van der Waals surface area (Å²) < 4.78 is 39.8. The molecule has 0 radical (unpaired) electrons. The topological polar surface area (TPSA) is 86.8 Å². The number of amides is 2. The van der Waals surface area contributed by atoms with E-state index in [0.717, 1.165) is 53.4 Å². The molecule has 0 aromatic heterocycles. The normalized spacial score (nSPS) is 14.9. The van der Waals surface area contributed by atoms with Crippen LogP contribution in [0.15, 0.2) is 42.5 Å². The van der Waals surface area contributed by atoms with Gasteiger partial charge >= 0.3 is 0 Å². The maximum atomic E-state index is 13.7. The SMILES string of the molecule is CCC(C(=O)NC1CCCC1)N(Cc1ccc(C)cc1)C(=O)CN(c1ccc(F)c(Cl)c1)S(C)(=O)=O. The molecule has 10 heteroatoms. The van der Waals surface area contributed by atoms with Crippen LogP contribution in [0.4, 0.5) is 10.1 Å². The first kappa shape index (κ1) is 27.9. The second kappa shape index (κ2) is 12.1. The molecule has 0 spiro atoms. The Morgan fingerprint density at radius 3 is 2.33 bits per heavy atom. The van der Waals surface area contributed by atoms with Gasteiger partial charge in [-0.25, -0.2) is 12.8 Å². The third-order valence-corrected chi connectivity index (χ3v) is 7.86. The van der Waals surface area contributed by atoms with Crippen molar-refractivity contribution < 1.29 is 22.4 Å². The predicted molar refractivity (Wildman–Crippen MR) is 140 cm³/mol. The maximum absolute atomic E-state index is 13.7. The minimum atomic E-state index is -3.92. The Morgan fingerprint density at radius 2 is 1.78 bits per heavy atom. The summed E-state index contributed by atoms with van der Waals surface area (Å²) >= 11 is 5.88. The minimum Gasteiger partial charge on any atom is -0.352 e. The molecule has 0 aliphatic heterocycles. The molecule has 7 nitrogen and oxygen atoms in total. The highest BCUT2D eigenvalue weighted by molar-refractivity contribution is 7.92. The average Bonchev–Trinajstić information content (AvgIpc) is 3.32. The van der Waals surface area contributed by atoms with Gasteiger partial charge in [-0.1, -0.05) is 61.2 Å². The zero-order valence-corrected chi connectivity index (χ0v) is 22.4. The molecule has 1 atom stereocenters. The van der Waals surface area contributed by atoms with Crippen molar-refractivity contribution in [1.29, 1.82) is 0 Å². The van der Waals surface area contributed by atoms with Crippen LogP contribution in [0.2, 0.25) is 5.02 Å². The third-order valence-electron chi connectivity index (χ3n) is 6.43. The van der Waals surface area contributed by atoms with Gasteiger partial charge < -0.3 is 10.2 Å². The molecular weight excluding hydrogens is 505 g/mol. The lowest BCUT2D eigenvalue weighted by Gasteiger charge is -2.33. The quantitative estimate of drug-likeness (QED) is 0.486. The molecule has 2 aromatic carbocycles. The highest BCUT2D eigenvalue weighted by atomic mass is 35.5. The van der Waals surface area contributed by atoms with Crippen molar-refractivity contribution in [3.05, 3.63) is 64.4 Å². The summed E-state index contributed by atoms with van der Waals surface area (Å²) in [5.74, 6) is -1.49. The summed E-state index contributed by atoms with van der Waals surface area (Å²) in [6, 6.07) is 10.4. The number of nitrogens with one attached hydrogen (secondary N) is 1. The van der Waals surface area contributed by atoms with Crippen LogP contribution >= 0.6 is 11.6 Å². The van der Waals surface area contributed by atoms with E-state index in [1.165, 1.54) is 17.0 Å². The van der Waals surface area contributed by atoms with Crippen LogP contribution in [0.1, 0.15) is 50.2 Å². The summed E-state index contributed by atoms with van der Waals surface area (Å²) in [6.07, 6.45) is 5.24. The summed E-state index contributed by atoms with van der Waals surface area (Å²) in [4.78, 5) is 28.4. The number of anilines is 1. The summed E-state index contributed by atoms with van der Waals surface area (Å²) in [7, 11) is -3.92. The molecule has 1 aliphatic rings. The second-order valence-corrected chi connectivity index (χ2v) is 11.6. The van der Waals surface area contributed by atoms with Crippen molar-refractivity contribution in [3.63, 3.8) is 0 Å². The monoisotopic (exact) mass is 537 g/mol. The van der Waals surface area contributed by atoms with E-state index >= 15 is 0 Å². The first-order valence-corrected chi connectivity index (χ1v) is 14.3. The van der Waals surface area contributed by atoms with Crippen LogP contribution in [0.5, 0.6) is 0 Å². The molecule has 2 aromatic rings. The Hall–Kier alpha value is -2.65. The van der Waals surface area contributed by atoms with Gasteiger partial charge in [-0.05, 0) is 49.9 Å². The van der Waals surface area contributed by atoms with E-state index in [1.807, 2.05) is 38.1 Å². The maximum Gasteiger partial charge on any atom is 0.244 e. The van der Waals surface area contributed by atoms with Crippen LogP contribution in [0.25, 0.3) is 0 Å². The second-order valence-electron chi connectivity index (χ2n) is 9.29. The lowest BCUT2D eigenvalue weighted by molar-refractivity contribution is -0.140. The predicted octanol–water partition coefficient (Wildman–Crippen LogP) is 4.42. The molecule has 1 aliphatic carbocycles. The van der Waals surface area contributed by atoms with E-state index in [4.69, 9.17) is 11.6 Å². The number of aryl methyl sites for hydroxylation is 1. The molecule has 0 saturated heterocycles. The van der Waals surface area contributed by atoms with Gasteiger partial charge in [0.25, 0.3) is 0 Å². The standard InChI is InChI=1S/C26H33ClFN3O4S/c1-4-24(26(33)29-20-7-5-6-8-20)30(16-19-11-9-18(2)10-12-19)25(32)17-31(36(3,34)35)21-13-14-23(28)22(27)15-21/h9-15,20,24H,4-8,16-17H2,1-3H3,(H,29,33). The van der Waals surface area contributed by atoms with E-state index in [0.29, 0.717) is 6.42 Å². The molecule has 36 heavy (non-hydrogen) atoms. The summed E-state index contributed by atoms with van der Waals surface area (Å²) in [5, 5.41) is 2.81. The number of nitrogens with zero attached hydrogens (tertiary/aromatic N) is 2. The van der Waals surface area contributed by atoms with E-state index in [-0.39, 0.29) is 29.2 Å². The average molecular weight is 538 g/mol. The van der Waals surface area contributed by atoms with Crippen LogP contribution < -0.4 is 9.62 Å². The highest BCUT2D eigenvalue weighted by Gasteiger charge is 2.33. The van der Waals surface area contributed by atoms with Gasteiger partial charge in [0, 0.05) is 12.6 Å². The number of benzene rings is 2. The molecule has 196 valence electrons. The first-order chi connectivity index (χ1) is 17.0. The number of carbonyl (C=O) groups is 2. The van der Waals surface area contributed by atoms with Gasteiger partial charge in [0.2, 0.25) is 21.8 Å². The van der Waals surface area contributed by atoms with Gasteiger partial charge in [-0.3, -0.25) is 13.9 Å². The van der Waals surface area contributed by atoms with Gasteiger partial charge in [0.05, 0.1) is 17.0 Å². The zero-order chi connectivity index (χ0) is 26.5. The van der Waals surface area contributed by atoms with Crippen molar-refractivity contribution >= 4 is 39.1 Å². The van der Waals surface area contributed by atoms with Crippen LogP contribution in [-0.2, 0) is 26.2 Å². The third kappa shape index (κ3) is 7.20. The lowest BCUT2D eigenvalue weighted by atomic mass is 10.1. The van der Waals surface area contributed by atoms with Crippen LogP contribution in [0, 0.1) is 12.7 Å². The number of carbonyl (C=O) groups excluding carboxylic acids is 2. The number of halogens is 2. The molecule has 2 amide bonds. The van der Waals surface area contributed by atoms with Crippen molar-refractivity contribution in [2.75, 3.05) is 17.1 Å². The molecule has 3 rings (SSSR count). The Morgan fingerprint density at radius 1 is 1.14 bits per heavy atom. The number of hydrogen-bond acceptors (Lipinski definition) is 4. The van der Waals surface area contributed by atoms with E-state index in [9.17, 15) is 22.4 Å². The fraction of sp³-hybridized carbons (Fsp3) is 0.462. The zero-order valence-electron chi connectivity index (χ0n) is 20.8. The molecule has 1 saturated carbocycles. The molecule has 0 bridgehead atoms. The van der Waals surface area contributed by atoms with E-state index in [2.05, 4.69) is 5.32 Å². The largest absolute Gasteiger partial charge is 0.352 e. The van der Waals surface area contributed by atoms with Gasteiger partial charge in [-0.15, -0.1) is 0 Å². The molecule has 1 unspecified atom stereocenters. The van der Waals surface area contributed by atoms with E-state index in [1.54, 1.807) is 0 Å². The van der Waals surface area contributed by atoms with E-state index < -0.39 is 34.3 Å². The molecule has 1 fully saturated rings.